The van der Waals surface area contributed by atoms with E-state index >= 15 is 0 Å². The van der Waals surface area contributed by atoms with Crippen molar-refractivity contribution in [3.63, 3.8) is 0 Å². The van der Waals surface area contributed by atoms with Gasteiger partial charge < -0.3 is 20.5 Å². The lowest BCUT2D eigenvalue weighted by atomic mass is 10.0. The SMILES string of the molecule is C=C(CC(C)CC(=O)O)NC(Cc1cnc[nH]1)C(=O)O. The highest BCUT2D eigenvalue weighted by atomic mass is 16.4. The number of nitrogens with one attached hydrogen (secondary N) is 2. The molecule has 0 saturated carbocycles. The van der Waals surface area contributed by atoms with E-state index in [-0.39, 0.29) is 18.8 Å². The second-order valence-corrected chi connectivity index (χ2v) is 4.83. The van der Waals surface area contributed by atoms with Gasteiger partial charge in [-0.15, -0.1) is 0 Å². The van der Waals surface area contributed by atoms with E-state index in [1.54, 1.807) is 13.1 Å². The van der Waals surface area contributed by atoms with Crippen LogP contribution in [0.3, 0.4) is 0 Å². The summed E-state index contributed by atoms with van der Waals surface area (Å²) in [5, 5.41) is 20.7. The van der Waals surface area contributed by atoms with Crippen LogP contribution in [-0.4, -0.2) is 38.2 Å². The molecular weight excluding hydrogens is 262 g/mol. The summed E-state index contributed by atoms with van der Waals surface area (Å²) >= 11 is 0. The number of hydrogen-bond acceptors (Lipinski definition) is 4. The van der Waals surface area contributed by atoms with Crippen molar-refractivity contribution in [3.8, 4) is 0 Å². The van der Waals surface area contributed by atoms with E-state index in [2.05, 4.69) is 21.9 Å². The Morgan fingerprint density at radius 1 is 1.45 bits per heavy atom. The van der Waals surface area contributed by atoms with Crippen molar-refractivity contribution >= 4 is 11.9 Å². The number of carboxylic acids is 2. The number of imidazole rings is 1. The van der Waals surface area contributed by atoms with Gasteiger partial charge in [0.1, 0.15) is 6.04 Å². The van der Waals surface area contributed by atoms with Crippen molar-refractivity contribution in [3.05, 3.63) is 30.5 Å². The number of rotatable bonds is 9. The topological polar surface area (TPSA) is 115 Å². The van der Waals surface area contributed by atoms with E-state index in [9.17, 15) is 9.59 Å². The molecule has 2 unspecified atom stereocenters. The Morgan fingerprint density at radius 3 is 2.65 bits per heavy atom. The van der Waals surface area contributed by atoms with Gasteiger partial charge in [0, 0.05) is 30.4 Å². The van der Waals surface area contributed by atoms with Gasteiger partial charge in [-0.2, -0.15) is 0 Å². The van der Waals surface area contributed by atoms with Crippen LogP contribution in [0.25, 0.3) is 0 Å². The van der Waals surface area contributed by atoms with Crippen molar-refractivity contribution < 1.29 is 19.8 Å². The standard InChI is InChI=1S/C13H19N3O4/c1-8(4-12(17)18)3-9(2)16-11(13(19)20)5-10-6-14-7-15-10/h6-8,11,16H,2-5H2,1H3,(H,14,15)(H,17,18)(H,19,20). The Balaban J connectivity index is 2.51. The maximum Gasteiger partial charge on any atom is 0.326 e. The molecule has 7 heteroatoms. The molecule has 7 nitrogen and oxygen atoms in total. The molecule has 0 aromatic carbocycles. The Hall–Kier alpha value is -2.31. The number of nitrogens with zero attached hydrogens (tertiary/aromatic N) is 1. The van der Waals surface area contributed by atoms with Gasteiger partial charge in [0.25, 0.3) is 0 Å². The minimum atomic E-state index is -0.994. The molecule has 1 heterocycles. The molecule has 0 aliphatic rings. The van der Waals surface area contributed by atoms with Crippen LogP contribution >= 0.6 is 0 Å². The predicted molar refractivity (Wildman–Crippen MR) is 72.0 cm³/mol. The van der Waals surface area contributed by atoms with Crippen LogP contribution in [0.5, 0.6) is 0 Å². The minimum Gasteiger partial charge on any atom is -0.481 e. The normalized spacial score (nSPS) is 13.4. The summed E-state index contributed by atoms with van der Waals surface area (Å²) < 4.78 is 0. The fourth-order valence-corrected chi connectivity index (χ4v) is 1.91. The number of aromatic nitrogens is 2. The molecule has 1 rings (SSSR count). The van der Waals surface area contributed by atoms with E-state index in [0.29, 0.717) is 17.8 Å². The van der Waals surface area contributed by atoms with Gasteiger partial charge in [0.2, 0.25) is 0 Å². The largest absolute Gasteiger partial charge is 0.481 e. The minimum absolute atomic E-state index is 0.0268. The fourth-order valence-electron chi connectivity index (χ4n) is 1.91. The number of aliphatic carboxylic acids is 2. The molecule has 0 aliphatic heterocycles. The summed E-state index contributed by atoms with van der Waals surface area (Å²) in [5.41, 5.74) is 1.22. The van der Waals surface area contributed by atoms with Crippen LogP contribution in [0.4, 0.5) is 0 Å². The van der Waals surface area contributed by atoms with Crippen molar-refractivity contribution in [1.82, 2.24) is 15.3 Å². The molecule has 1 aromatic rings. The highest BCUT2D eigenvalue weighted by Crippen LogP contribution is 2.13. The molecule has 0 aliphatic carbocycles. The third-order valence-corrected chi connectivity index (χ3v) is 2.77. The van der Waals surface area contributed by atoms with Crippen LogP contribution in [0.15, 0.2) is 24.8 Å². The van der Waals surface area contributed by atoms with Crippen LogP contribution in [-0.2, 0) is 16.0 Å². The van der Waals surface area contributed by atoms with Gasteiger partial charge in [-0.3, -0.25) is 4.79 Å². The van der Waals surface area contributed by atoms with E-state index in [1.807, 2.05) is 0 Å². The predicted octanol–water partition coefficient (Wildman–Crippen LogP) is 1.01. The second kappa shape index (κ2) is 7.32. The number of carbonyl (C=O) groups is 2. The van der Waals surface area contributed by atoms with Gasteiger partial charge in [-0.1, -0.05) is 13.5 Å². The molecule has 0 saturated heterocycles. The summed E-state index contributed by atoms with van der Waals surface area (Å²) in [7, 11) is 0. The van der Waals surface area contributed by atoms with Crippen molar-refractivity contribution in [2.24, 2.45) is 5.92 Å². The number of allylic oxidation sites excluding steroid dienone is 1. The summed E-state index contributed by atoms with van der Waals surface area (Å²) in [6.07, 6.45) is 3.74. The monoisotopic (exact) mass is 281 g/mol. The van der Waals surface area contributed by atoms with E-state index in [1.165, 1.54) is 6.33 Å². The summed E-state index contributed by atoms with van der Waals surface area (Å²) in [5.74, 6) is -1.97. The first-order valence-corrected chi connectivity index (χ1v) is 6.24. The van der Waals surface area contributed by atoms with Gasteiger partial charge >= 0.3 is 11.9 Å². The van der Waals surface area contributed by atoms with Crippen LogP contribution < -0.4 is 5.32 Å². The lowest BCUT2D eigenvalue weighted by molar-refractivity contribution is -0.140. The highest BCUT2D eigenvalue weighted by Gasteiger charge is 2.20. The molecule has 0 radical (unpaired) electrons. The zero-order chi connectivity index (χ0) is 15.1. The van der Waals surface area contributed by atoms with Gasteiger partial charge in [0.05, 0.1) is 6.33 Å². The zero-order valence-electron chi connectivity index (χ0n) is 11.3. The quantitative estimate of drug-likeness (QED) is 0.537. The first-order chi connectivity index (χ1) is 9.38. The average Bonchev–Trinajstić information content (AvgIpc) is 2.79. The van der Waals surface area contributed by atoms with Crippen molar-refractivity contribution in [2.45, 2.75) is 32.2 Å². The maximum absolute atomic E-state index is 11.2. The average molecular weight is 281 g/mol. The Bertz CT molecular complexity index is 470. The summed E-state index contributed by atoms with van der Waals surface area (Å²) in [6, 6.07) is -0.819. The molecule has 0 fully saturated rings. The van der Waals surface area contributed by atoms with Gasteiger partial charge in [-0.25, -0.2) is 9.78 Å². The molecule has 1 aromatic heterocycles. The Labute approximate surface area is 116 Å². The molecule has 2 atom stereocenters. The number of carboxylic acid groups (broad SMARTS) is 2. The number of hydrogen-bond donors (Lipinski definition) is 4. The van der Waals surface area contributed by atoms with Crippen LogP contribution in [0.2, 0.25) is 0 Å². The van der Waals surface area contributed by atoms with E-state index in [4.69, 9.17) is 10.2 Å². The highest BCUT2D eigenvalue weighted by molar-refractivity contribution is 5.74. The molecule has 0 spiro atoms. The lowest BCUT2D eigenvalue weighted by Crippen LogP contribution is -2.38. The summed E-state index contributed by atoms with van der Waals surface area (Å²) in [4.78, 5) is 28.4. The Morgan fingerprint density at radius 2 is 2.15 bits per heavy atom. The second-order valence-electron chi connectivity index (χ2n) is 4.83. The molecule has 4 N–H and O–H groups in total. The molecule has 20 heavy (non-hydrogen) atoms. The van der Waals surface area contributed by atoms with E-state index < -0.39 is 18.0 Å². The Kier molecular flexibility index (Phi) is 5.76. The summed E-state index contributed by atoms with van der Waals surface area (Å²) in [6.45, 7) is 5.54. The number of H-pyrrole nitrogens is 1. The van der Waals surface area contributed by atoms with Crippen LogP contribution in [0, 0.1) is 5.92 Å². The smallest absolute Gasteiger partial charge is 0.326 e. The van der Waals surface area contributed by atoms with E-state index in [0.717, 1.165) is 0 Å². The number of aromatic amines is 1. The van der Waals surface area contributed by atoms with Crippen molar-refractivity contribution in [2.75, 3.05) is 0 Å². The van der Waals surface area contributed by atoms with Crippen molar-refractivity contribution in [1.29, 1.82) is 0 Å². The third kappa shape index (κ3) is 5.55. The van der Waals surface area contributed by atoms with Crippen LogP contribution in [0.1, 0.15) is 25.5 Å². The zero-order valence-corrected chi connectivity index (χ0v) is 11.3. The third-order valence-electron chi connectivity index (χ3n) is 2.77. The molecule has 0 bridgehead atoms. The first-order valence-electron chi connectivity index (χ1n) is 6.24. The molecular formula is C13H19N3O4. The molecule has 110 valence electrons. The van der Waals surface area contributed by atoms with Gasteiger partial charge in [-0.05, 0) is 12.3 Å². The maximum atomic E-state index is 11.2. The fraction of sp³-hybridized carbons (Fsp3) is 0.462. The first kappa shape index (κ1) is 15.7. The van der Waals surface area contributed by atoms with Gasteiger partial charge in [0.15, 0.2) is 0 Å². The molecule has 0 amide bonds. The lowest BCUT2D eigenvalue weighted by Gasteiger charge is -2.19.